The van der Waals surface area contributed by atoms with E-state index in [0.717, 1.165) is 22.9 Å². The van der Waals surface area contributed by atoms with Gasteiger partial charge in [0, 0.05) is 0 Å². The Balaban J connectivity index is 2.74. The lowest BCUT2D eigenvalue weighted by Crippen LogP contribution is -2.41. The molecule has 1 heterocycles. The highest BCUT2D eigenvalue weighted by Crippen LogP contribution is 2.36. The number of aryl methyl sites for hydroxylation is 1. The first-order valence-corrected chi connectivity index (χ1v) is 10.7. The van der Waals surface area contributed by atoms with Crippen LogP contribution < -0.4 is 0 Å². The smallest absolute Gasteiger partial charge is 0.192 e. The number of carbonyl (C=O) groups is 1. The van der Waals surface area contributed by atoms with Gasteiger partial charge in [0.15, 0.2) is 14.6 Å². The number of nitrogens with zero attached hydrogens (tertiary/aromatic N) is 2. The van der Waals surface area contributed by atoms with Crippen LogP contribution >= 0.6 is 15.9 Å². The van der Waals surface area contributed by atoms with Gasteiger partial charge in [0.05, 0.1) is 23.3 Å². The molecular formula is C14H25BrN2O2Si. The van der Waals surface area contributed by atoms with Crippen LogP contribution in [-0.4, -0.2) is 31.0 Å². The predicted octanol–water partition coefficient (Wildman–Crippen LogP) is 4.04. The molecule has 0 aliphatic heterocycles. The van der Waals surface area contributed by atoms with Crippen LogP contribution in [0.25, 0.3) is 0 Å². The fourth-order valence-electron chi connectivity index (χ4n) is 1.62. The van der Waals surface area contributed by atoms with Crippen molar-refractivity contribution in [1.82, 2.24) is 9.78 Å². The van der Waals surface area contributed by atoms with Crippen molar-refractivity contribution in [3.05, 3.63) is 15.9 Å². The number of carbonyl (C=O) groups excluding carboxylic acids is 1. The number of halogens is 1. The molecule has 0 radical (unpaired) electrons. The topological polar surface area (TPSA) is 44.1 Å². The Labute approximate surface area is 131 Å². The molecule has 0 saturated carbocycles. The van der Waals surface area contributed by atoms with E-state index in [4.69, 9.17) is 4.43 Å². The van der Waals surface area contributed by atoms with Gasteiger partial charge < -0.3 is 4.43 Å². The zero-order chi connectivity index (χ0) is 15.6. The summed E-state index contributed by atoms with van der Waals surface area (Å²) in [6.07, 6.45) is 1.65. The molecule has 0 N–H and O–H groups in total. The van der Waals surface area contributed by atoms with Gasteiger partial charge in [-0.05, 0) is 40.5 Å². The molecule has 0 aromatic carbocycles. The monoisotopic (exact) mass is 360 g/mol. The standard InChI is InChI=1S/C14H25BrN2O2Si/c1-7-11-13(15)12(10-18)17(16-11)8-9-19-20(5,6)14(2,3)4/h10H,7-9H2,1-6H3. The van der Waals surface area contributed by atoms with Crippen LogP contribution in [0.1, 0.15) is 43.9 Å². The number of hydrogen-bond acceptors (Lipinski definition) is 3. The average Bonchev–Trinajstić information content (AvgIpc) is 2.63. The van der Waals surface area contributed by atoms with E-state index >= 15 is 0 Å². The lowest BCUT2D eigenvalue weighted by molar-refractivity contribution is 0.111. The quantitative estimate of drug-likeness (QED) is 0.567. The Kier molecular flexibility index (Phi) is 5.75. The van der Waals surface area contributed by atoms with Crippen LogP contribution in [-0.2, 0) is 17.4 Å². The first-order chi connectivity index (χ1) is 9.14. The Morgan fingerprint density at radius 2 is 2.00 bits per heavy atom. The summed E-state index contributed by atoms with van der Waals surface area (Å²) in [5.41, 5.74) is 1.51. The maximum absolute atomic E-state index is 11.2. The Morgan fingerprint density at radius 1 is 1.40 bits per heavy atom. The maximum atomic E-state index is 11.2. The molecule has 6 heteroatoms. The normalized spacial score (nSPS) is 12.8. The van der Waals surface area contributed by atoms with Gasteiger partial charge in [-0.2, -0.15) is 5.10 Å². The Bertz CT molecular complexity index is 478. The molecule has 0 saturated heterocycles. The summed E-state index contributed by atoms with van der Waals surface area (Å²) in [7, 11) is -1.74. The van der Waals surface area contributed by atoms with Crippen molar-refractivity contribution in [2.45, 2.75) is 58.8 Å². The SMILES string of the molecule is CCc1nn(CCO[Si](C)(C)C(C)(C)C)c(C=O)c1Br. The lowest BCUT2D eigenvalue weighted by atomic mass is 10.2. The zero-order valence-electron chi connectivity index (χ0n) is 13.3. The van der Waals surface area contributed by atoms with Crippen LogP contribution in [0, 0.1) is 0 Å². The van der Waals surface area contributed by atoms with Crippen molar-refractivity contribution >= 4 is 30.5 Å². The first-order valence-electron chi connectivity index (χ1n) is 6.98. The molecule has 0 fully saturated rings. The molecule has 114 valence electrons. The van der Waals surface area contributed by atoms with E-state index in [0.29, 0.717) is 18.8 Å². The minimum Gasteiger partial charge on any atom is -0.415 e. The molecule has 4 nitrogen and oxygen atoms in total. The molecule has 1 rings (SSSR count). The van der Waals surface area contributed by atoms with Crippen LogP contribution in [0.5, 0.6) is 0 Å². The first kappa shape index (κ1) is 17.6. The van der Waals surface area contributed by atoms with E-state index in [9.17, 15) is 4.79 Å². The maximum Gasteiger partial charge on any atom is 0.192 e. The summed E-state index contributed by atoms with van der Waals surface area (Å²) >= 11 is 3.44. The Hall–Kier alpha value is -0.463. The van der Waals surface area contributed by atoms with Crippen LogP contribution in [0.3, 0.4) is 0 Å². The van der Waals surface area contributed by atoms with Crippen molar-refractivity contribution in [2.75, 3.05) is 6.61 Å². The van der Waals surface area contributed by atoms with Crippen LogP contribution in [0.4, 0.5) is 0 Å². The molecule has 0 unspecified atom stereocenters. The third-order valence-corrected chi connectivity index (χ3v) is 9.42. The summed E-state index contributed by atoms with van der Waals surface area (Å²) in [4.78, 5) is 11.2. The molecule has 1 aromatic heterocycles. The molecule has 0 atom stereocenters. The number of aromatic nitrogens is 2. The van der Waals surface area contributed by atoms with Gasteiger partial charge in [-0.3, -0.25) is 9.48 Å². The minimum atomic E-state index is -1.74. The van der Waals surface area contributed by atoms with Crippen molar-refractivity contribution in [3.8, 4) is 0 Å². The van der Waals surface area contributed by atoms with E-state index < -0.39 is 8.32 Å². The molecule has 20 heavy (non-hydrogen) atoms. The summed E-state index contributed by atoms with van der Waals surface area (Å²) in [6.45, 7) is 14.3. The van der Waals surface area contributed by atoms with Crippen LogP contribution in [0.15, 0.2) is 4.47 Å². The van der Waals surface area contributed by atoms with Crippen molar-refractivity contribution in [2.24, 2.45) is 0 Å². The molecule has 0 aliphatic carbocycles. The zero-order valence-corrected chi connectivity index (χ0v) is 15.9. The van der Waals surface area contributed by atoms with Gasteiger partial charge in [-0.25, -0.2) is 0 Å². The third kappa shape index (κ3) is 3.80. The van der Waals surface area contributed by atoms with E-state index in [1.807, 2.05) is 6.92 Å². The van der Waals surface area contributed by atoms with Crippen molar-refractivity contribution < 1.29 is 9.22 Å². The van der Waals surface area contributed by atoms with Gasteiger partial charge >= 0.3 is 0 Å². The van der Waals surface area contributed by atoms with Crippen molar-refractivity contribution in [1.29, 1.82) is 0 Å². The molecule has 0 spiro atoms. The van der Waals surface area contributed by atoms with E-state index in [2.05, 4.69) is 54.9 Å². The van der Waals surface area contributed by atoms with Gasteiger partial charge in [-0.15, -0.1) is 0 Å². The van der Waals surface area contributed by atoms with Gasteiger partial charge in [-0.1, -0.05) is 27.7 Å². The summed E-state index contributed by atoms with van der Waals surface area (Å²) < 4.78 is 8.67. The predicted molar refractivity (Wildman–Crippen MR) is 87.8 cm³/mol. The third-order valence-electron chi connectivity index (χ3n) is 4.02. The summed E-state index contributed by atoms with van der Waals surface area (Å²) in [6, 6.07) is 0. The van der Waals surface area contributed by atoms with E-state index in [1.165, 1.54) is 0 Å². The average molecular weight is 361 g/mol. The summed E-state index contributed by atoms with van der Waals surface area (Å²) in [5.74, 6) is 0. The highest BCUT2D eigenvalue weighted by atomic mass is 79.9. The molecule has 1 aromatic rings. The molecular weight excluding hydrogens is 336 g/mol. The van der Waals surface area contributed by atoms with Gasteiger partial charge in [0.1, 0.15) is 5.69 Å². The van der Waals surface area contributed by atoms with Crippen molar-refractivity contribution in [3.63, 3.8) is 0 Å². The van der Waals surface area contributed by atoms with Gasteiger partial charge in [0.2, 0.25) is 0 Å². The molecule has 0 aliphatic rings. The van der Waals surface area contributed by atoms with E-state index in [-0.39, 0.29) is 5.04 Å². The summed E-state index contributed by atoms with van der Waals surface area (Å²) in [5, 5.41) is 4.65. The number of rotatable bonds is 6. The van der Waals surface area contributed by atoms with Crippen LogP contribution in [0.2, 0.25) is 18.1 Å². The molecule has 0 bridgehead atoms. The second-order valence-corrected chi connectivity index (χ2v) is 12.1. The van der Waals surface area contributed by atoms with E-state index in [1.54, 1.807) is 4.68 Å². The number of hydrogen-bond donors (Lipinski definition) is 0. The Morgan fingerprint density at radius 3 is 2.45 bits per heavy atom. The minimum absolute atomic E-state index is 0.194. The fraction of sp³-hybridized carbons (Fsp3) is 0.714. The molecule has 0 amide bonds. The number of aldehydes is 1. The fourth-order valence-corrected chi connectivity index (χ4v) is 3.31. The highest BCUT2D eigenvalue weighted by Gasteiger charge is 2.36. The largest absolute Gasteiger partial charge is 0.415 e. The second kappa shape index (κ2) is 6.53. The van der Waals surface area contributed by atoms with Gasteiger partial charge in [0.25, 0.3) is 0 Å². The second-order valence-electron chi connectivity index (χ2n) is 6.45. The highest BCUT2D eigenvalue weighted by molar-refractivity contribution is 9.10. The lowest BCUT2D eigenvalue weighted by Gasteiger charge is -2.36.